The number of hydrogen-bond acceptors (Lipinski definition) is 2. The van der Waals surface area contributed by atoms with Crippen molar-refractivity contribution in [3.8, 4) is 0 Å². The van der Waals surface area contributed by atoms with Crippen LogP contribution in [0.4, 0.5) is 0 Å². The Kier molecular flexibility index (Phi) is 4.62. The van der Waals surface area contributed by atoms with Gasteiger partial charge in [-0.05, 0) is 44.3 Å². The van der Waals surface area contributed by atoms with Crippen molar-refractivity contribution < 1.29 is 0 Å². The van der Waals surface area contributed by atoms with Crippen LogP contribution in [0.3, 0.4) is 0 Å². The quantitative estimate of drug-likeness (QED) is 0.566. The summed E-state index contributed by atoms with van der Waals surface area (Å²) in [5.74, 6) is 1.80. The molecule has 0 heterocycles. The Labute approximate surface area is 75.9 Å². The molecule has 0 saturated heterocycles. The van der Waals surface area contributed by atoms with Crippen LogP contribution in [-0.4, -0.2) is 19.6 Å². The molecule has 3 N–H and O–H groups in total. The van der Waals surface area contributed by atoms with E-state index < -0.39 is 0 Å². The van der Waals surface area contributed by atoms with Crippen molar-refractivity contribution in [2.45, 2.75) is 32.6 Å². The van der Waals surface area contributed by atoms with Gasteiger partial charge in [-0.25, -0.2) is 0 Å². The van der Waals surface area contributed by atoms with Gasteiger partial charge in [-0.2, -0.15) is 0 Å². The summed E-state index contributed by atoms with van der Waals surface area (Å²) in [6, 6.07) is 0. The fourth-order valence-electron chi connectivity index (χ4n) is 1.45. The molecule has 2 heteroatoms. The average molecular weight is 170 g/mol. The summed E-state index contributed by atoms with van der Waals surface area (Å²) in [6.07, 6.45) is 5.48. The summed E-state index contributed by atoms with van der Waals surface area (Å²) in [5, 5.41) is 3.49. The second-order valence-electron chi connectivity index (χ2n) is 4.12. The zero-order valence-electron chi connectivity index (χ0n) is 8.18. The topological polar surface area (TPSA) is 38.0 Å². The van der Waals surface area contributed by atoms with Gasteiger partial charge in [-0.3, -0.25) is 0 Å². The van der Waals surface area contributed by atoms with Gasteiger partial charge < -0.3 is 11.1 Å². The minimum atomic E-state index is 0.745. The van der Waals surface area contributed by atoms with Crippen LogP contribution in [-0.2, 0) is 0 Å². The number of hydrogen-bond donors (Lipinski definition) is 2. The summed E-state index contributed by atoms with van der Waals surface area (Å²) in [5.41, 5.74) is 5.46. The van der Waals surface area contributed by atoms with Gasteiger partial charge in [0.25, 0.3) is 0 Å². The van der Waals surface area contributed by atoms with Crippen LogP contribution in [0.15, 0.2) is 0 Å². The number of nitrogens with two attached hydrogens (primary N) is 1. The van der Waals surface area contributed by atoms with Crippen molar-refractivity contribution in [2.24, 2.45) is 17.6 Å². The third kappa shape index (κ3) is 4.73. The zero-order chi connectivity index (χ0) is 8.81. The monoisotopic (exact) mass is 170 g/mol. The van der Waals surface area contributed by atoms with E-state index in [1.54, 1.807) is 0 Å². The maximum atomic E-state index is 5.46. The highest BCUT2D eigenvalue weighted by molar-refractivity contribution is 4.73. The van der Waals surface area contributed by atoms with Crippen LogP contribution in [0, 0.1) is 11.8 Å². The molecule has 0 spiro atoms. The van der Waals surface area contributed by atoms with Gasteiger partial charge in [0, 0.05) is 0 Å². The van der Waals surface area contributed by atoms with E-state index in [1.165, 1.54) is 25.8 Å². The summed E-state index contributed by atoms with van der Waals surface area (Å²) < 4.78 is 0. The Bertz CT molecular complexity index is 110. The van der Waals surface area contributed by atoms with E-state index in [0.29, 0.717) is 0 Å². The Hall–Kier alpha value is -0.0800. The van der Waals surface area contributed by atoms with Crippen LogP contribution >= 0.6 is 0 Å². The smallest absolute Gasteiger partial charge is 0.00227 e. The first-order chi connectivity index (χ1) is 5.83. The van der Waals surface area contributed by atoms with Crippen molar-refractivity contribution in [1.82, 2.24) is 5.32 Å². The molecule has 1 aliphatic rings. The Morgan fingerprint density at radius 1 is 1.50 bits per heavy atom. The highest BCUT2D eigenvalue weighted by Crippen LogP contribution is 2.31. The third-order valence-corrected chi connectivity index (χ3v) is 2.58. The predicted octanol–water partition coefficient (Wildman–Crippen LogP) is 1.36. The lowest BCUT2D eigenvalue weighted by Gasteiger charge is -2.10. The normalized spacial score (nSPS) is 19.5. The largest absolute Gasteiger partial charge is 0.330 e. The van der Waals surface area contributed by atoms with Crippen LogP contribution in [0.25, 0.3) is 0 Å². The van der Waals surface area contributed by atoms with E-state index in [1.807, 2.05) is 0 Å². The first-order valence-corrected chi connectivity index (χ1v) is 5.23. The van der Waals surface area contributed by atoms with E-state index >= 15 is 0 Å². The molecule has 0 radical (unpaired) electrons. The second-order valence-corrected chi connectivity index (χ2v) is 4.12. The third-order valence-electron chi connectivity index (χ3n) is 2.58. The molecule has 0 aromatic carbocycles. The molecule has 12 heavy (non-hydrogen) atoms. The molecule has 1 fully saturated rings. The fraction of sp³-hybridized carbons (Fsp3) is 1.00. The molecule has 72 valence electrons. The van der Waals surface area contributed by atoms with Crippen LogP contribution in [0.2, 0.25) is 0 Å². The summed E-state index contributed by atoms with van der Waals surface area (Å²) in [6.45, 7) is 5.44. The van der Waals surface area contributed by atoms with Crippen molar-refractivity contribution in [2.75, 3.05) is 19.6 Å². The average Bonchev–Trinajstić information content (AvgIpc) is 2.82. The molecule has 2 nitrogen and oxygen atoms in total. The van der Waals surface area contributed by atoms with Crippen LogP contribution in [0.1, 0.15) is 32.6 Å². The number of rotatable bonds is 7. The molecular formula is C10H22N2. The Balaban J connectivity index is 1.80. The SMILES string of the molecule is CC(CCN)CNCCC1CC1. The molecule has 0 amide bonds. The molecule has 0 aliphatic heterocycles. The van der Waals surface area contributed by atoms with Gasteiger partial charge in [0.2, 0.25) is 0 Å². The van der Waals surface area contributed by atoms with Crippen LogP contribution in [0.5, 0.6) is 0 Å². The minimum absolute atomic E-state index is 0.745. The molecule has 1 rings (SSSR count). The van der Waals surface area contributed by atoms with Gasteiger partial charge in [-0.1, -0.05) is 19.8 Å². The summed E-state index contributed by atoms with van der Waals surface area (Å²) in [7, 11) is 0. The predicted molar refractivity (Wildman–Crippen MR) is 53.0 cm³/mol. The second kappa shape index (κ2) is 5.55. The standard InChI is InChI=1S/C10H22N2/c1-9(4-6-11)8-12-7-5-10-2-3-10/h9-10,12H,2-8,11H2,1H3. The maximum absolute atomic E-state index is 5.46. The van der Waals surface area contributed by atoms with Crippen molar-refractivity contribution in [1.29, 1.82) is 0 Å². The van der Waals surface area contributed by atoms with E-state index in [9.17, 15) is 0 Å². The van der Waals surface area contributed by atoms with Crippen molar-refractivity contribution in [3.05, 3.63) is 0 Å². The zero-order valence-corrected chi connectivity index (χ0v) is 8.18. The summed E-state index contributed by atoms with van der Waals surface area (Å²) in [4.78, 5) is 0. The van der Waals surface area contributed by atoms with E-state index in [-0.39, 0.29) is 0 Å². The van der Waals surface area contributed by atoms with Gasteiger partial charge in [0.15, 0.2) is 0 Å². The lowest BCUT2D eigenvalue weighted by Crippen LogP contribution is -2.24. The number of nitrogens with one attached hydrogen (secondary N) is 1. The Morgan fingerprint density at radius 3 is 2.83 bits per heavy atom. The lowest BCUT2D eigenvalue weighted by atomic mass is 10.1. The van der Waals surface area contributed by atoms with Crippen molar-refractivity contribution in [3.63, 3.8) is 0 Å². The molecule has 1 aliphatic carbocycles. The molecule has 1 atom stereocenters. The molecule has 0 bridgehead atoms. The fourth-order valence-corrected chi connectivity index (χ4v) is 1.45. The van der Waals surface area contributed by atoms with E-state index in [0.717, 1.165) is 31.3 Å². The minimum Gasteiger partial charge on any atom is -0.330 e. The first kappa shape index (κ1) is 10.0. The molecule has 1 unspecified atom stereocenters. The van der Waals surface area contributed by atoms with Gasteiger partial charge >= 0.3 is 0 Å². The van der Waals surface area contributed by atoms with Gasteiger partial charge in [-0.15, -0.1) is 0 Å². The Morgan fingerprint density at radius 2 is 2.25 bits per heavy atom. The molecule has 0 aromatic heterocycles. The van der Waals surface area contributed by atoms with E-state index in [2.05, 4.69) is 12.2 Å². The molecule has 1 saturated carbocycles. The van der Waals surface area contributed by atoms with Gasteiger partial charge in [0.05, 0.1) is 0 Å². The lowest BCUT2D eigenvalue weighted by molar-refractivity contribution is 0.477. The van der Waals surface area contributed by atoms with Crippen molar-refractivity contribution >= 4 is 0 Å². The summed E-state index contributed by atoms with van der Waals surface area (Å²) >= 11 is 0. The molecule has 0 aromatic rings. The van der Waals surface area contributed by atoms with E-state index in [4.69, 9.17) is 5.73 Å². The maximum Gasteiger partial charge on any atom is -0.00227 e. The highest BCUT2D eigenvalue weighted by Gasteiger charge is 2.19. The first-order valence-electron chi connectivity index (χ1n) is 5.23. The van der Waals surface area contributed by atoms with Gasteiger partial charge in [0.1, 0.15) is 0 Å². The molecular weight excluding hydrogens is 148 g/mol. The van der Waals surface area contributed by atoms with Crippen LogP contribution < -0.4 is 11.1 Å². The highest BCUT2D eigenvalue weighted by atomic mass is 14.9.